The van der Waals surface area contributed by atoms with Gasteiger partial charge in [-0.2, -0.15) is 0 Å². The van der Waals surface area contributed by atoms with Crippen molar-refractivity contribution in [3.05, 3.63) is 131 Å². The van der Waals surface area contributed by atoms with Crippen LogP contribution in [0.1, 0.15) is 22.3 Å². The molecule has 0 aliphatic rings. The van der Waals surface area contributed by atoms with E-state index >= 15 is 0 Å². The Bertz CT molecular complexity index is 1350. The lowest BCUT2D eigenvalue weighted by molar-refractivity contribution is 1.38. The van der Waals surface area contributed by atoms with E-state index in [1.165, 1.54) is 66.8 Å². The Kier molecular flexibility index (Phi) is 5.90. The van der Waals surface area contributed by atoms with Crippen LogP contribution < -0.4 is 0 Å². The number of aryl methyl sites for hydroxylation is 4. The lowest BCUT2D eigenvalue weighted by Gasteiger charge is -2.13. The van der Waals surface area contributed by atoms with Crippen molar-refractivity contribution in [3.63, 3.8) is 0 Å². The molecule has 0 amide bonds. The fourth-order valence-electron chi connectivity index (χ4n) is 4.62. The van der Waals surface area contributed by atoms with Crippen LogP contribution in [0.3, 0.4) is 0 Å². The average molecular weight is 439 g/mol. The lowest BCUT2D eigenvalue weighted by Crippen LogP contribution is -1.87. The molecule has 0 heterocycles. The van der Waals surface area contributed by atoms with Gasteiger partial charge in [-0.05, 0) is 90.4 Å². The summed E-state index contributed by atoms with van der Waals surface area (Å²) >= 11 is 0. The second-order valence-electron chi connectivity index (χ2n) is 9.48. The quantitative estimate of drug-likeness (QED) is 0.262. The highest BCUT2D eigenvalue weighted by atomic mass is 14.1. The van der Waals surface area contributed by atoms with Crippen molar-refractivity contribution >= 4 is 0 Å². The molecular formula is C34H30. The number of rotatable bonds is 4. The first kappa shape index (κ1) is 21.9. The Morgan fingerprint density at radius 2 is 0.500 bits per heavy atom. The summed E-state index contributed by atoms with van der Waals surface area (Å²) in [4.78, 5) is 0. The van der Waals surface area contributed by atoms with Crippen LogP contribution in [0.15, 0.2) is 109 Å². The summed E-state index contributed by atoms with van der Waals surface area (Å²) in [7, 11) is 0. The van der Waals surface area contributed by atoms with E-state index in [9.17, 15) is 0 Å². The minimum Gasteiger partial charge on any atom is -0.0587 e. The van der Waals surface area contributed by atoms with Crippen molar-refractivity contribution in [3.8, 4) is 44.5 Å². The molecule has 0 heteroatoms. The summed E-state index contributed by atoms with van der Waals surface area (Å²) in [5.74, 6) is 0. The van der Waals surface area contributed by atoms with Gasteiger partial charge in [0.2, 0.25) is 0 Å². The summed E-state index contributed by atoms with van der Waals surface area (Å²) < 4.78 is 0. The third-order valence-electron chi connectivity index (χ3n) is 6.48. The van der Waals surface area contributed by atoms with Gasteiger partial charge in [-0.25, -0.2) is 0 Å². The predicted octanol–water partition coefficient (Wildman–Crippen LogP) is 9.59. The average Bonchev–Trinajstić information content (AvgIpc) is 2.84. The zero-order valence-corrected chi connectivity index (χ0v) is 20.4. The molecule has 0 aliphatic heterocycles. The summed E-state index contributed by atoms with van der Waals surface area (Å²) in [6.07, 6.45) is 0. The van der Waals surface area contributed by atoms with E-state index in [1.807, 2.05) is 0 Å². The van der Waals surface area contributed by atoms with Gasteiger partial charge in [-0.3, -0.25) is 0 Å². The van der Waals surface area contributed by atoms with Crippen molar-refractivity contribution in [2.24, 2.45) is 0 Å². The topological polar surface area (TPSA) is 0 Å². The summed E-state index contributed by atoms with van der Waals surface area (Å²) in [6, 6.07) is 40.3. The van der Waals surface area contributed by atoms with Crippen LogP contribution in [0, 0.1) is 27.7 Å². The Morgan fingerprint density at radius 1 is 0.235 bits per heavy atom. The predicted molar refractivity (Wildman–Crippen MR) is 147 cm³/mol. The van der Waals surface area contributed by atoms with Gasteiger partial charge in [0.15, 0.2) is 0 Å². The molecule has 0 bridgehead atoms. The van der Waals surface area contributed by atoms with E-state index in [2.05, 4.69) is 137 Å². The van der Waals surface area contributed by atoms with E-state index in [-0.39, 0.29) is 0 Å². The molecule has 34 heavy (non-hydrogen) atoms. The molecule has 5 aromatic rings. The SMILES string of the molecule is Cc1ccc(-c2cc(-c3ccc(C)cc3)cc(-c3ccc(-c4cc(C)cc(C)c4)cc3)c2)cc1. The van der Waals surface area contributed by atoms with Crippen LogP contribution in [0.5, 0.6) is 0 Å². The molecule has 0 unspecified atom stereocenters. The van der Waals surface area contributed by atoms with Crippen LogP contribution in [-0.2, 0) is 0 Å². The minimum atomic E-state index is 1.23. The maximum Gasteiger partial charge on any atom is -0.0172 e. The standard InChI is InChI=1S/C34H30/c1-23-5-9-27(10-6-23)32-20-33(28-11-7-24(2)8-12-28)22-34(21-32)30-15-13-29(14-16-30)31-18-25(3)17-26(4)19-31/h5-22H,1-4H3. The normalized spacial score (nSPS) is 10.9. The van der Waals surface area contributed by atoms with E-state index in [0.29, 0.717) is 0 Å². The molecule has 0 saturated heterocycles. The zero-order chi connectivity index (χ0) is 23.7. The molecule has 0 fully saturated rings. The highest BCUT2D eigenvalue weighted by Gasteiger charge is 2.09. The molecule has 0 aromatic heterocycles. The first-order valence-electron chi connectivity index (χ1n) is 11.9. The van der Waals surface area contributed by atoms with E-state index in [1.54, 1.807) is 0 Å². The monoisotopic (exact) mass is 438 g/mol. The molecule has 5 aromatic carbocycles. The van der Waals surface area contributed by atoms with Crippen LogP contribution in [-0.4, -0.2) is 0 Å². The van der Waals surface area contributed by atoms with Crippen molar-refractivity contribution in [1.29, 1.82) is 0 Å². The molecule has 0 radical (unpaired) electrons. The van der Waals surface area contributed by atoms with Gasteiger partial charge >= 0.3 is 0 Å². The van der Waals surface area contributed by atoms with Crippen molar-refractivity contribution < 1.29 is 0 Å². The molecule has 5 rings (SSSR count). The second kappa shape index (κ2) is 9.15. The molecule has 0 nitrogen and oxygen atoms in total. The van der Waals surface area contributed by atoms with Gasteiger partial charge in [0, 0.05) is 0 Å². The van der Waals surface area contributed by atoms with Gasteiger partial charge < -0.3 is 0 Å². The molecule has 166 valence electrons. The maximum absolute atomic E-state index is 2.31. The van der Waals surface area contributed by atoms with Gasteiger partial charge in [-0.1, -0.05) is 113 Å². The number of benzene rings is 5. The fraction of sp³-hybridized carbons (Fsp3) is 0.118. The first-order valence-corrected chi connectivity index (χ1v) is 11.9. The third-order valence-corrected chi connectivity index (χ3v) is 6.48. The van der Waals surface area contributed by atoms with E-state index in [4.69, 9.17) is 0 Å². The first-order chi connectivity index (χ1) is 16.4. The van der Waals surface area contributed by atoms with E-state index < -0.39 is 0 Å². The number of hydrogen-bond acceptors (Lipinski definition) is 0. The van der Waals surface area contributed by atoms with Gasteiger partial charge in [0.25, 0.3) is 0 Å². The third kappa shape index (κ3) is 4.72. The summed E-state index contributed by atoms with van der Waals surface area (Å²) in [6.45, 7) is 8.59. The Morgan fingerprint density at radius 3 is 0.824 bits per heavy atom. The van der Waals surface area contributed by atoms with Crippen LogP contribution in [0.25, 0.3) is 44.5 Å². The molecule has 0 aliphatic carbocycles. The summed E-state index contributed by atoms with van der Waals surface area (Å²) in [5, 5.41) is 0. The zero-order valence-electron chi connectivity index (χ0n) is 20.4. The molecule has 0 atom stereocenters. The lowest BCUT2D eigenvalue weighted by atomic mass is 9.92. The highest BCUT2D eigenvalue weighted by molar-refractivity contribution is 5.82. The largest absolute Gasteiger partial charge is 0.0587 e. The van der Waals surface area contributed by atoms with Gasteiger partial charge in [0.05, 0.1) is 0 Å². The Balaban J connectivity index is 1.59. The highest BCUT2D eigenvalue weighted by Crippen LogP contribution is 2.34. The fourth-order valence-corrected chi connectivity index (χ4v) is 4.62. The smallest absolute Gasteiger partial charge is 0.0172 e. The molecule has 0 saturated carbocycles. The Labute approximate surface area is 203 Å². The van der Waals surface area contributed by atoms with Crippen molar-refractivity contribution in [1.82, 2.24) is 0 Å². The molecular weight excluding hydrogens is 408 g/mol. The van der Waals surface area contributed by atoms with Gasteiger partial charge in [-0.15, -0.1) is 0 Å². The van der Waals surface area contributed by atoms with Crippen molar-refractivity contribution in [2.75, 3.05) is 0 Å². The second-order valence-corrected chi connectivity index (χ2v) is 9.48. The van der Waals surface area contributed by atoms with Crippen LogP contribution >= 0.6 is 0 Å². The minimum absolute atomic E-state index is 1.23. The molecule has 0 N–H and O–H groups in total. The van der Waals surface area contributed by atoms with Crippen molar-refractivity contribution in [2.45, 2.75) is 27.7 Å². The molecule has 0 spiro atoms. The van der Waals surface area contributed by atoms with Gasteiger partial charge in [0.1, 0.15) is 0 Å². The van der Waals surface area contributed by atoms with E-state index in [0.717, 1.165) is 0 Å². The van der Waals surface area contributed by atoms with Crippen LogP contribution in [0.2, 0.25) is 0 Å². The van der Waals surface area contributed by atoms with Crippen LogP contribution in [0.4, 0.5) is 0 Å². The maximum atomic E-state index is 2.31. The summed E-state index contributed by atoms with van der Waals surface area (Å²) in [5.41, 5.74) is 15.1. The number of hydrogen-bond donors (Lipinski definition) is 0. The Hall–Kier alpha value is -3.90.